The van der Waals surface area contributed by atoms with E-state index in [4.69, 9.17) is 11.6 Å². The number of pyridine rings is 1. The number of rotatable bonds is 6. The van der Waals surface area contributed by atoms with Gasteiger partial charge in [0.05, 0.1) is 10.7 Å². The molecule has 2 aromatic rings. The van der Waals surface area contributed by atoms with Crippen LogP contribution in [0, 0.1) is 5.82 Å². The van der Waals surface area contributed by atoms with Crippen molar-refractivity contribution in [3.63, 3.8) is 0 Å². The van der Waals surface area contributed by atoms with Gasteiger partial charge in [0.2, 0.25) is 0 Å². The Morgan fingerprint density at radius 2 is 2.04 bits per heavy atom. The number of benzene rings is 1. The number of halogens is 3. The molecule has 0 unspecified atom stereocenters. The lowest BCUT2D eigenvalue weighted by atomic mass is 9.92. The van der Waals surface area contributed by atoms with Crippen LogP contribution < -0.4 is 5.32 Å². The van der Waals surface area contributed by atoms with Crippen molar-refractivity contribution in [2.75, 3.05) is 19.6 Å². The minimum Gasteiger partial charge on any atom is -0.338 e. The molecule has 1 aliphatic rings. The Morgan fingerprint density at radius 1 is 1.29 bits per heavy atom. The van der Waals surface area contributed by atoms with E-state index in [2.05, 4.69) is 17.2 Å². The lowest BCUT2D eigenvalue weighted by Crippen LogP contribution is -2.48. The summed E-state index contributed by atoms with van der Waals surface area (Å²) in [4.78, 5) is 18.5. The maximum absolute atomic E-state index is 15.1. The zero-order valence-corrected chi connectivity index (χ0v) is 16.6. The first kappa shape index (κ1) is 20.7. The summed E-state index contributed by atoms with van der Waals surface area (Å²) in [7, 11) is 0. The van der Waals surface area contributed by atoms with Crippen LogP contribution in [0.5, 0.6) is 0 Å². The Kier molecular flexibility index (Phi) is 6.62. The van der Waals surface area contributed by atoms with Crippen molar-refractivity contribution >= 4 is 17.5 Å². The molecule has 1 aromatic carbocycles. The molecule has 28 heavy (non-hydrogen) atoms. The molecule has 0 aliphatic carbocycles. The average molecular weight is 408 g/mol. The van der Waals surface area contributed by atoms with Crippen LogP contribution in [0.3, 0.4) is 0 Å². The van der Waals surface area contributed by atoms with Gasteiger partial charge >= 0.3 is 0 Å². The van der Waals surface area contributed by atoms with Crippen LogP contribution in [0.25, 0.3) is 0 Å². The zero-order valence-electron chi connectivity index (χ0n) is 15.9. The number of hydrogen-bond acceptors (Lipinski definition) is 3. The fraction of sp³-hybridized carbons (Fsp3) is 0.429. The van der Waals surface area contributed by atoms with Gasteiger partial charge in [-0.05, 0) is 36.2 Å². The van der Waals surface area contributed by atoms with Crippen LogP contribution in [-0.2, 0) is 13.0 Å². The van der Waals surface area contributed by atoms with E-state index < -0.39 is 11.5 Å². The number of carbonyl (C=O) groups is 1. The molecule has 0 radical (unpaired) electrons. The number of aromatic nitrogens is 1. The van der Waals surface area contributed by atoms with Crippen molar-refractivity contribution in [1.29, 1.82) is 0 Å². The maximum atomic E-state index is 15.1. The molecule has 3 rings (SSSR count). The number of nitrogens with one attached hydrogen (secondary N) is 1. The van der Waals surface area contributed by atoms with Gasteiger partial charge in [0, 0.05) is 50.8 Å². The molecule has 1 amide bonds. The molecule has 150 valence electrons. The van der Waals surface area contributed by atoms with E-state index in [-0.39, 0.29) is 30.3 Å². The topological polar surface area (TPSA) is 45.2 Å². The molecule has 0 spiro atoms. The first-order valence-electron chi connectivity index (χ1n) is 9.48. The summed E-state index contributed by atoms with van der Waals surface area (Å²) in [5.74, 6) is -0.818. The quantitative estimate of drug-likeness (QED) is 0.781. The smallest absolute Gasteiger partial charge is 0.253 e. The Balaban J connectivity index is 1.48. The van der Waals surface area contributed by atoms with Crippen LogP contribution in [0.15, 0.2) is 36.5 Å². The minimum atomic E-state index is -1.36. The molecule has 0 atom stereocenters. The van der Waals surface area contributed by atoms with E-state index in [1.807, 2.05) is 18.3 Å². The molecule has 0 saturated carbocycles. The molecular weight excluding hydrogens is 384 g/mol. The van der Waals surface area contributed by atoms with Crippen LogP contribution in [-0.4, -0.2) is 41.1 Å². The summed E-state index contributed by atoms with van der Waals surface area (Å²) in [5, 5.41) is 3.05. The fourth-order valence-electron chi connectivity index (χ4n) is 3.28. The van der Waals surface area contributed by atoms with E-state index in [0.29, 0.717) is 25.2 Å². The highest BCUT2D eigenvalue weighted by molar-refractivity contribution is 6.31. The van der Waals surface area contributed by atoms with Gasteiger partial charge in [-0.1, -0.05) is 24.6 Å². The number of hydrogen-bond donors (Lipinski definition) is 1. The second-order valence-electron chi connectivity index (χ2n) is 7.19. The number of amides is 1. The van der Waals surface area contributed by atoms with Gasteiger partial charge in [0.1, 0.15) is 11.5 Å². The Hall–Kier alpha value is -2.05. The summed E-state index contributed by atoms with van der Waals surface area (Å²) >= 11 is 5.75. The number of carbonyl (C=O) groups excluding carboxylic acids is 1. The number of nitrogens with zero attached hydrogens (tertiary/aromatic N) is 2. The Morgan fingerprint density at radius 3 is 2.64 bits per heavy atom. The molecule has 1 saturated heterocycles. The van der Waals surface area contributed by atoms with Crippen LogP contribution in [0.1, 0.15) is 41.4 Å². The SMILES string of the molecule is CCc1ccc(CNCC2(F)CCN(C(=O)c3ccc(F)c(Cl)c3)CC2)nc1. The number of aryl methyl sites for hydroxylation is 1. The fourth-order valence-corrected chi connectivity index (χ4v) is 3.46. The molecule has 1 aliphatic heterocycles. The van der Waals surface area contributed by atoms with Crippen molar-refractivity contribution < 1.29 is 13.6 Å². The van der Waals surface area contributed by atoms with Crippen molar-refractivity contribution in [3.8, 4) is 0 Å². The molecule has 7 heteroatoms. The third kappa shape index (κ3) is 5.06. The number of alkyl halides is 1. The highest BCUT2D eigenvalue weighted by atomic mass is 35.5. The lowest BCUT2D eigenvalue weighted by Gasteiger charge is -2.36. The molecule has 1 fully saturated rings. The van der Waals surface area contributed by atoms with Crippen LogP contribution >= 0.6 is 11.6 Å². The molecule has 1 N–H and O–H groups in total. The van der Waals surface area contributed by atoms with Gasteiger partial charge in [0.25, 0.3) is 5.91 Å². The largest absolute Gasteiger partial charge is 0.338 e. The highest BCUT2D eigenvalue weighted by Crippen LogP contribution is 2.27. The molecule has 2 heterocycles. The predicted octanol–water partition coefficient (Wildman–Crippen LogP) is 4.17. The van der Waals surface area contributed by atoms with E-state index in [9.17, 15) is 9.18 Å². The first-order chi connectivity index (χ1) is 13.4. The van der Waals surface area contributed by atoms with Gasteiger partial charge in [-0.25, -0.2) is 8.78 Å². The number of piperidine rings is 1. The normalized spacial score (nSPS) is 16.2. The first-order valence-corrected chi connectivity index (χ1v) is 9.86. The molecule has 0 bridgehead atoms. The van der Waals surface area contributed by atoms with Crippen LogP contribution in [0.4, 0.5) is 8.78 Å². The monoisotopic (exact) mass is 407 g/mol. The minimum absolute atomic E-state index is 0.0903. The summed E-state index contributed by atoms with van der Waals surface area (Å²) in [6.07, 6.45) is 3.29. The van der Waals surface area contributed by atoms with Gasteiger partial charge in [-0.2, -0.15) is 0 Å². The van der Waals surface area contributed by atoms with Gasteiger partial charge in [-0.3, -0.25) is 9.78 Å². The molecule has 1 aromatic heterocycles. The van der Waals surface area contributed by atoms with E-state index in [0.717, 1.165) is 12.1 Å². The van der Waals surface area contributed by atoms with Gasteiger partial charge < -0.3 is 10.2 Å². The van der Waals surface area contributed by atoms with Crippen LogP contribution in [0.2, 0.25) is 5.02 Å². The third-order valence-corrected chi connectivity index (χ3v) is 5.45. The van der Waals surface area contributed by atoms with E-state index >= 15 is 4.39 Å². The van der Waals surface area contributed by atoms with Crippen molar-refractivity contribution in [3.05, 3.63) is 64.2 Å². The zero-order chi connectivity index (χ0) is 20.1. The molecular formula is C21H24ClF2N3O. The number of likely N-dealkylation sites (tertiary alicyclic amines) is 1. The summed E-state index contributed by atoms with van der Waals surface area (Å²) < 4.78 is 28.3. The third-order valence-electron chi connectivity index (χ3n) is 5.16. The van der Waals surface area contributed by atoms with E-state index in [1.54, 1.807) is 4.90 Å². The van der Waals surface area contributed by atoms with Crippen molar-refractivity contribution in [2.45, 2.75) is 38.4 Å². The average Bonchev–Trinajstić information content (AvgIpc) is 2.70. The lowest BCUT2D eigenvalue weighted by molar-refractivity contribution is 0.0434. The summed E-state index contributed by atoms with van der Waals surface area (Å²) in [6.45, 7) is 3.43. The molecule has 4 nitrogen and oxygen atoms in total. The van der Waals surface area contributed by atoms with E-state index in [1.165, 1.54) is 23.8 Å². The maximum Gasteiger partial charge on any atom is 0.253 e. The summed E-state index contributed by atoms with van der Waals surface area (Å²) in [6, 6.07) is 7.87. The van der Waals surface area contributed by atoms with Crippen molar-refractivity contribution in [2.24, 2.45) is 0 Å². The van der Waals surface area contributed by atoms with Crippen molar-refractivity contribution in [1.82, 2.24) is 15.2 Å². The highest BCUT2D eigenvalue weighted by Gasteiger charge is 2.35. The Bertz CT molecular complexity index is 821. The predicted molar refractivity (Wildman–Crippen MR) is 106 cm³/mol. The Labute approximate surface area is 168 Å². The standard InChI is InChI=1S/C21H24ClF2N3O/c1-2-15-3-5-17(26-12-15)13-25-14-21(24)7-9-27(10-8-21)20(28)16-4-6-19(23)18(22)11-16/h3-6,11-12,25H,2,7-10,13-14H2,1H3. The van der Waals surface area contributed by atoms with Gasteiger partial charge in [0.15, 0.2) is 0 Å². The second-order valence-corrected chi connectivity index (χ2v) is 7.59. The summed E-state index contributed by atoms with van der Waals surface area (Å²) in [5.41, 5.74) is 1.00. The van der Waals surface area contributed by atoms with Gasteiger partial charge in [-0.15, -0.1) is 0 Å². The second kappa shape index (κ2) is 8.97.